The molecule has 150 valence electrons. The van der Waals surface area contributed by atoms with Gasteiger partial charge in [0.1, 0.15) is 11.9 Å². The molecule has 5 unspecified atom stereocenters. The molecule has 0 amide bonds. The summed E-state index contributed by atoms with van der Waals surface area (Å²) in [5.41, 5.74) is 3.81. The molecule has 4 heteroatoms. The van der Waals surface area contributed by atoms with Crippen LogP contribution in [0.1, 0.15) is 32.9 Å². The highest BCUT2D eigenvalue weighted by molar-refractivity contribution is 5.78. The lowest BCUT2D eigenvalue weighted by molar-refractivity contribution is -0.142. The number of hydrogen-bond acceptors (Lipinski definition) is 3. The van der Waals surface area contributed by atoms with E-state index in [1.807, 2.05) is 31.2 Å². The topological polar surface area (TPSA) is 39.2 Å². The first-order valence-electron chi connectivity index (χ1n) is 10.3. The summed E-state index contributed by atoms with van der Waals surface area (Å²) in [5.74, 6) is 0.295. The highest BCUT2D eigenvalue weighted by atomic mass is 19.1. The molecule has 1 aromatic carbocycles. The molecular weight excluding hydrogens is 365 g/mol. The van der Waals surface area contributed by atoms with E-state index in [0.717, 1.165) is 23.2 Å². The molecule has 1 saturated heterocycles. The zero-order chi connectivity index (χ0) is 20.5. The molecule has 0 spiro atoms. The fourth-order valence-electron chi connectivity index (χ4n) is 4.91. The Morgan fingerprint density at radius 1 is 1.21 bits per heavy atom. The summed E-state index contributed by atoms with van der Waals surface area (Å²) in [4.78, 5) is 16.8. The lowest BCUT2D eigenvalue weighted by atomic mass is 9.66. The summed E-state index contributed by atoms with van der Waals surface area (Å²) in [6.07, 6.45) is 9.06. The van der Waals surface area contributed by atoms with Gasteiger partial charge < -0.3 is 4.74 Å². The summed E-state index contributed by atoms with van der Waals surface area (Å²) in [7, 11) is 0. The SMILES string of the molecule is CCC1C(C)=CC2C(=O)OC(C)C2C1/C=C/c1ccc(-c2cccc(F)c2)cn1. The van der Waals surface area contributed by atoms with Gasteiger partial charge in [-0.2, -0.15) is 0 Å². The quantitative estimate of drug-likeness (QED) is 0.497. The van der Waals surface area contributed by atoms with Crippen LogP contribution in [0.4, 0.5) is 4.39 Å². The van der Waals surface area contributed by atoms with Crippen LogP contribution >= 0.6 is 0 Å². The summed E-state index contributed by atoms with van der Waals surface area (Å²) >= 11 is 0. The molecule has 5 atom stereocenters. The Morgan fingerprint density at radius 2 is 2.03 bits per heavy atom. The van der Waals surface area contributed by atoms with Crippen molar-refractivity contribution in [2.75, 3.05) is 0 Å². The minimum atomic E-state index is -0.255. The Morgan fingerprint density at radius 3 is 2.72 bits per heavy atom. The van der Waals surface area contributed by atoms with Gasteiger partial charge in [0, 0.05) is 17.7 Å². The molecule has 0 radical (unpaired) electrons. The van der Waals surface area contributed by atoms with Gasteiger partial charge in [0.25, 0.3) is 0 Å². The molecule has 2 aromatic rings. The average Bonchev–Trinajstić information content (AvgIpc) is 2.99. The third kappa shape index (κ3) is 3.76. The van der Waals surface area contributed by atoms with Crippen molar-refractivity contribution in [3.63, 3.8) is 0 Å². The zero-order valence-corrected chi connectivity index (χ0v) is 17.0. The van der Waals surface area contributed by atoms with Crippen LogP contribution in [-0.2, 0) is 9.53 Å². The number of allylic oxidation sites excluding steroid dienone is 2. The molecule has 2 aliphatic rings. The fraction of sp³-hybridized carbons (Fsp3) is 0.360. The molecule has 29 heavy (non-hydrogen) atoms. The molecular formula is C25H26FNO2. The summed E-state index contributed by atoms with van der Waals surface area (Å²) in [5, 5.41) is 0. The van der Waals surface area contributed by atoms with Crippen LogP contribution in [0, 0.1) is 29.5 Å². The Labute approximate surface area is 171 Å². The first kappa shape index (κ1) is 19.6. The minimum Gasteiger partial charge on any atom is -0.462 e. The van der Waals surface area contributed by atoms with E-state index in [-0.39, 0.29) is 35.6 Å². The van der Waals surface area contributed by atoms with Crippen LogP contribution in [0.3, 0.4) is 0 Å². The van der Waals surface area contributed by atoms with E-state index in [4.69, 9.17) is 4.74 Å². The summed E-state index contributed by atoms with van der Waals surface area (Å²) in [6.45, 7) is 6.31. The van der Waals surface area contributed by atoms with E-state index in [9.17, 15) is 9.18 Å². The Hall–Kier alpha value is -2.75. The number of aromatic nitrogens is 1. The van der Waals surface area contributed by atoms with Crippen molar-refractivity contribution in [1.82, 2.24) is 4.98 Å². The number of esters is 1. The predicted molar refractivity (Wildman–Crippen MR) is 112 cm³/mol. The standard InChI is InChI=1S/C25H26FNO2/c1-4-21-15(2)12-23-24(16(3)29-25(23)28)22(21)11-10-20-9-8-18(14-27-20)17-6-5-7-19(26)13-17/h5-14,16,21-24H,4H2,1-3H3/b11-10+. The maximum atomic E-state index is 13.5. The van der Waals surface area contributed by atoms with Gasteiger partial charge in [0.15, 0.2) is 0 Å². The van der Waals surface area contributed by atoms with E-state index < -0.39 is 0 Å². The number of pyridine rings is 1. The number of halogens is 1. The van der Waals surface area contributed by atoms with E-state index in [1.54, 1.807) is 12.3 Å². The van der Waals surface area contributed by atoms with Crippen LogP contribution in [0.25, 0.3) is 17.2 Å². The second-order valence-corrected chi connectivity index (χ2v) is 8.09. The Bertz CT molecular complexity index is 963. The average molecular weight is 391 g/mol. The third-order valence-electron chi connectivity index (χ3n) is 6.34. The van der Waals surface area contributed by atoms with Crippen molar-refractivity contribution in [3.8, 4) is 11.1 Å². The van der Waals surface area contributed by atoms with Gasteiger partial charge in [-0.3, -0.25) is 9.78 Å². The van der Waals surface area contributed by atoms with Crippen molar-refractivity contribution in [3.05, 3.63) is 71.8 Å². The van der Waals surface area contributed by atoms with Crippen LogP contribution in [0.15, 0.2) is 60.3 Å². The van der Waals surface area contributed by atoms with Crippen LogP contribution in [-0.4, -0.2) is 17.1 Å². The minimum absolute atomic E-state index is 0.0798. The van der Waals surface area contributed by atoms with E-state index in [2.05, 4.69) is 31.0 Å². The Balaban J connectivity index is 1.58. The number of benzene rings is 1. The van der Waals surface area contributed by atoms with Crippen LogP contribution in [0.2, 0.25) is 0 Å². The second-order valence-electron chi connectivity index (χ2n) is 8.09. The van der Waals surface area contributed by atoms with Crippen molar-refractivity contribution in [1.29, 1.82) is 0 Å². The number of hydrogen-bond donors (Lipinski definition) is 0. The Kier molecular flexibility index (Phi) is 5.35. The molecule has 1 aliphatic carbocycles. The number of rotatable bonds is 4. The maximum Gasteiger partial charge on any atom is 0.313 e. The van der Waals surface area contributed by atoms with Gasteiger partial charge in [-0.25, -0.2) is 4.39 Å². The van der Waals surface area contributed by atoms with E-state index in [0.29, 0.717) is 5.92 Å². The number of cyclic esters (lactones) is 1. The first-order chi connectivity index (χ1) is 14.0. The van der Waals surface area contributed by atoms with Crippen molar-refractivity contribution in [2.24, 2.45) is 23.7 Å². The molecule has 1 aliphatic heterocycles. The van der Waals surface area contributed by atoms with Gasteiger partial charge in [-0.1, -0.05) is 42.8 Å². The molecule has 0 N–H and O–H groups in total. The maximum absolute atomic E-state index is 13.5. The van der Waals surface area contributed by atoms with Gasteiger partial charge in [-0.15, -0.1) is 0 Å². The van der Waals surface area contributed by atoms with Gasteiger partial charge >= 0.3 is 5.97 Å². The molecule has 1 fully saturated rings. The predicted octanol–water partition coefficient (Wildman–Crippen LogP) is 5.68. The van der Waals surface area contributed by atoms with Crippen molar-refractivity contribution < 1.29 is 13.9 Å². The van der Waals surface area contributed by atoms with Crippen molar-refractivity contribution >= 4 is 12.0 Å². The largest absolute Gasteiger partial charge is 0.462 e. The highest BCUT2D eigenvalue weighted by Crippen LogP contribution is 2.47. The third-order valence-corrected chi connectivity index (χ3v) is 6.34. The zero-order valence-electron chi connectivity index (χ0n) is 17.0. The molecule has 0 bridgehead atoms. The van der Waals surface area contributed by atoms with Crippen molar-refractivity contribution in [2.45, 2.75) is 33.3 Å². The van der Waals surface area contributed by atoms with Gasteiger partial charge in [0.2, 0.25) is 0 Å². The number of carbonyl (C=O) groups is 1. The number of nitrogens with zero attached hydrogens (tertiary/aromatic N) is 1. The smallest absolute Gasteiger partial charge is 0.313 e. The molecule has 0 saturated carbocycles. The lowest BCUT2D eigenvalue weighted by Crippen LogP contribution is -2.35. The van der Waals surface area contributed by atoms with Gasteiger partial charge in [-0.05, 0) is 61.9 Å². The van der Waals surface area contributed by atoms with E-state index in [1.165, 1.54) is 17.7 Å². The summed E-state index contributed by atoms with van der Waals surface area (Å²) < 4.78 is 19.0. The van der Waals surface area contributed by atoms with Crippen LogP contribution < -0.4 is 0 Å². The fourth-order valence-corrected chi connectivity index (χ4v) is 4.91. The number of fused-ring (bicyclic) bond motifs is 1. The molecule has 4 rings (SSSR count). The van der Waals surface area contributed by atoms with E-state index >= 15 is 0 Å². The highest BCUT2D eigenvalue weighted by Gasteiger charge is 2.49. The molecule has 3 nitrogen and oxygen atoms in total. The number of ether oxygens (including phenoxy) is 1. The monoisotopic (exact) mass is 391 g/mol. The summed E-state index contributed by atoms with van der Waals surface area (Å²) in [6, 6.07) is 10.4. The normalized spacial score (nSPS) is 28.9. The first-order valence-corrected chi connectivity index (χ1v) is 10.3. The van der Waals surface area contributed by atoms with Crippen LogP contribution in [0.5, 0.6) is 0 Å². The molecule has 2 heterocycles. The number of carbonyl (C=O) groups excluding carboxylic acids is 1. The molecule has 1 aromatic heterocycles. The van der Waals surface area contributed by atoms with Gasteiger partial charge in [0.05, 0.1) is 11.6 Å². The second kappa shape index (κ2) is 7.94. The lowest BCUT2D eigenvalue weighted by Gasteiger charge is -2.36.